The van der Waals surface area contributed by atoms with Gasteiger partial charge in [0.15, 0.2) is 0 Å². The summed E-state index contributed by atoms with van der Waals surface area (Å²) in [5, 5.41) is 20.2. The van der Waals surface area contributed by atoms with Gasteiger partial charge < -0.3 is 32.1 Å². The molecule has 1 saturated heterocycles. The molecule has 0 aliphatic carbocycles. The van der Waals surface area contributed by atoms with E-state index in [1.807, 2.05) is 20.1 Å². The molecule has 0 radical (unpaired) electrons. The minimum absolute atomic E-state index is 0.0128. The number of carbonyl (C=O) groups is 5. The Labute approximate surface area is 198 Å². The van der Waals surface area contributed by atoms with Crippen molar-refractivity contribution in [1.82, 2.24) is 21.3 Å². The van der Waals surface area contributed by atoms with Gasteiger partial charge in [0.05, 0.1) is 6.04 Å². The van der Waals surface area contributed by atoms with Gasteiger partial charge in [-0.1, -0.05) is 13.8 Å². The fourth-order valence-electron chi connectivity index (χ4n) is 3.48. The predicted octanol–water partition coefficient (Wildman–Crippen LogP) is -0.658. The normalized spacial score (nSPS) is 18.2. The fraction of sp³-hybridized carbons (Fsp3) is 0.762. The van der Waals surface area contributed by atoms with Crippen molar-refractivity contribution in [2.24, 2.45) is 11.7 Å². The van der Waals surface area contributed by atoms with E-state index < -0.39 is 47.9 Å². The molecule has 12 heteroatoms. The summed E-state index contributed by atoms with van der Waals surface area (Å²) in [5.41, 5.74) is 5.22. The van der Waals surface area contributed by atoms with Crippen LogP contribution in [0, 0.1) is 5.92 Å². The Morgan fingerprint density at radius 2 is 1.67 bits per heavy atom. The summed E-state index contributed by atoms with van der Waals surface area (Å²) in [6.45, 7) is 4.44. The molecule has 4 unspecified atom stereocenters. The highest BCUT2D eigenvalue weighted by Gasteiger charge is 2.31. The standard InChI is InChI=1S/C21H37N5O6S/c1-12(2)11-16(20(30)25-15(21(31)32)8-10-33-3)26-19(29)14(6-7-17(22)27)24-18(28)13-5-4-9-23-13/h12-16,23H,4-11H2,1-3H3,(H2,22,27)(H,24,28)(H,25,30)(H,26,29)(H,31,32). The second kappa shape index (κ2) is 14.7. The van der Waals surface area contributed by atoms with Crippen LogP contribution in [0.25, 0.3) is 0 Å². The van der Waals surface area contributed by atoms with Gasteiger partial charge in [0, 0.05) is 6.42 Å². The minimum atomic E-state index is -1.15. The zero-order valence-electron chi connectivity index (χ0n) is 19.5. The molecule has 1 fully saturated rings. The number of nitrogens with two attached hydrogens (primary N) is 1. The van der Waals surface area contributed by atoms with Gasteiger partial charge in [-0.25, -0.2) is 4.79 Å². The Balaban J connectivity index is 2.91. The molecule has 0 saturated carbocycles. The number of nitrogens with one attached hydrogen (secondary N) is 4. The topological polar surface area (TPSA) is 180 Å². The molecule has 4 atom stereocenters. The van der Waals surface area contributed by atoms with Crippen LogP contribution in [-0.4, -0.2) is 77.4 Å². The van der Waals surface area contributed by atoms with Gasteiger partial charge in [-0.05, 0) is 56.6 Å². The second-order valence-corrected chi connectivity index (χ2v) is 9.57. The first-order valence-electron chi connectivity index (χ1n) is 11.2. The summed E-state index contributed by atoms with van der Waals surface area (Å²) in [4.78, 5) is 61.1. The third-order valence-electron chi connectivity index (χ3n) is 5.25. The van der Waals surface area contributed by atoms with Crippen LogP contribution in [0.3, 0.4) is 0 Å². The van der Waals surface area contributed by atoms with Crippen LogP contribution in [-0.2, 0) is 24.0 Å². The summed E-state index contributed by atoms with van der Waals surface area (Å²) in [6.07, 6.45) is 3.71. The molecule has 1 aliphatic heterocycles. The molecule has 1 aliphatic rings. The molecule has 33 heavy (non-hydrogen) atoms. The van der Waals surface area contributed by atoms with Crippen molar-refractivity contribution >= 4 is 41.4 Å². The van der Waals surface area contributed by atoms with Crippen LogP contribution in [0.15, 0.2) is 0 Å². The van der Waals surface area contributed by atoms with E-state index in [2.05, 4.69) is 21.3 Å². The zero-order chi connectivity index (χ0) is 25.0. The van der Waals surface area contributed by atoms with Crippen molar-refractivity contribution in [3.63, 3.8) is 0 Å². The van der Waals surface area contributed by atoms with E-state index in [-0.39, 0.29) is 37.5 Å². The van der Waals surface area contributed by atoms with Crippen molar-refractivity contribution in [3.8, 4) is 0 Å². The van der Waals surface area contributed by atoms with Gasteiger partial charge >= 0.3 is 5.97 Å². The van der Waals surface area contributed by atoms with E-state index in [0.29, 0.717) is 18.7 Å². The summed E-state index contributed by atoms with van der Waals surface area (Å²) in [7, 11) is 0. The number of carbonyl (C=O) groups excluding carboxylic acids is 4. The van der Waals surface area contributed by atoms with Gasteiger partial charge in [-0.15, -0.1) is 0 Å². The summed E-state index contributed by atoms with van der Waals surface area (Å²) in [5.74, 6) is -2.78. The van der Waals surface area contributed by atoms with E-state index in [1.165, 1.54) is 11.8 Å². The molecular weight excluding hydrogens is 450 g/mol. The molecular formula is C21H37N5O6S. The smallest absolute Gasteiger partial charge is 0.326 e. The largest absolute Gasteiger partial charge is 0.480 e. The molecule has 0 aromatic rings. The Kier molecular flexibility index (Phi) is 12.8. The maximum Gasteiger partial charge on any atom is 0.326 e. The van der Waals surface area contributed by atoms with Crippen LogP contribution in [0.2, 0.25) is 0 Å². The first-order valence-corrected chi connectivity index (χ1v) is 12.6. The van der Waals surface area contributed by atoms with Crippen LogP contribution < -0.4 is 27.0 Å². The van der Waals surface area contributed by atoms with Gasteiger partial charge in [-0.3, -0.25) is 19.2 Å². The number of hydrogen-bond acceptors (Lipinski definition) is 7. The number of rotatable bonds is 15. The van der Waals surface area contributed by atoms with E-state index in [0.717, 1.165) is 6.42 Å². The highest BCUT2D eigenvalue weighted by molar-refractivity contribution is 7.98. The lowest BCUT2D eigenvalue weighted by atomic mass is 10.0. The first-order chi connectivity index (χ1) is 15.5. The van der Waals surface area contributed by atoms with Crippen molar-refractivity contribution < 1.29 is 29.1 Å². The highest BCUT2D eigenvalue weighted by atomic mass is 32.2. The molecule has 0 spiro atoms. The summed E-state index contributed by atoms with van der Waals surface area (Å²) in [6, 6.07) is -3.54. The number of hydrogen-bond donors (Lipinski definition) is 6. The van der Waals surface area contributed by atoms with Crippen molar-refractivity contribution in [3.05, 3.63) is 0 Å². The van der Waals surface area contributed by atoms with Crippen LogP contribution in [0.1, 0.15) is 52.4 Å². The van der Waals surface area contributed by atoms with Gasteiger partial charge in [0.1, 0.15) is 18.1 Å². The minimum Gasteiger partial charge on any atom is -0.480 e. The number of thioether (sulfide) groups is 1. The van der Waals surface area contributed by atoms with E-state index in [9.17, 15) is 29.1 Å². The van der Waals surface area contributed by atoms with Crippen molar-refractivity contribution in [2.45, 2.75) is 76.5 Å². The molecule has 11 nitrogen and oxygen atoms in total. The molecule has 1 rings (SSSR count). The quantitative estimate of drug-likeness (QED) is 0.176. The average molecular weight is 488 g/mol. The van der Waals surface area contributed by atoms with E-state index in [4.69, 9.17) is 5.73 Å². The van der Waals surface area contributed by atoms with Crippen LogP contribution in [0.5, 0.6) is 0 Å². The SMILES string of the molecule is CSCCC(NC(=O)C(CC(C)C)NC(=O)C(CCC(N)=O)NC(=O)C1CCCN1)C(=O)O. The molecule has 7 N–H and O–H groups in total. The number of primary amides is 1. The van der Waals surface area contributed by atoms with Gasteiger partial charge in [0.2, 0.25) is 23.6 Å². The lowest BCUT2D eigenvalue weighted by molar-refractivity contribution is -0.142. The number of aliphatic carboxylic acids is 1. The number of carboxylic acids is 1. The van der Waals surface area contributed by atoms with E-state index >= 15 is 0 Å². The molecule has 4 amide bonds. The van der Waals surface area contributed by atoms with E-state index in [1.54, 1.807) is 0 Å². The average Bonchev–Trinajstić information content (AvgIpc) is 3.27. The predicted molar refractivity (Wildman–Crippen MR) is 125 cm³/mol. The van der Waals surface area contributed by atoms with Gasteiger partial charge in [0.25, 0.3) is 0 Å². The Morgan fingerprint density at radius 3 is 2.18 bits per heavy atom. The fourth-order valence-corrected chi connectivity index (χ4v) is 3.95. The molecule has 188 valence electrons. The highest BCUT2D eigenvalue weighted by Crippen LogP contribution is 2.10. The Bertz CT molecular complexity index is 699. The van der Waals surface area contributed by atoms with Crippen LogP contribution >= 0.6 is 11.8 Å². The molecule has 1 heterocycles. The Morgan fingerprint density at radius 1 is 1.03 bits per heavy atom. The first kappa shape index (κ1) is 28.7. The maximum absolute atomic E-state index is 13.0. The monoisotopic (exact) mass is 487 g/mol. The summed E-state index contributed by atoms with van der Waals surface area (Å²) < 4.78 is 0. The second-order valence-electron chi connectivity index (χ2n) is 8.59. The maximum atomic E-state index is 13.0. The third kappa shape index (κ3) is 10.9. The van der Waals surface area contributed by atoms with Crippen molar-refractivity contribution in [1.29, 1.82) is 0 Å². The lowest BCUT2D eigenvalue weighted by Crippen LogP contribution is -2.57. The molecule has 0 bridgehead atoms. The summed E-state index contributed by atoms with van der Waals surface area (Å²) >= 11 is 1.46. The third-order valence-corrected chi connectivity index (χ3v) is 5.90. The van der Waals surface area contributed by atoms with Crippen molar-refractivity contribution in [2.75, 3.05) is 18.6 Å². The van der Waals surface area contributed by atoms with Gasteiger partial charge in [-0.2, -0.15) is 11.8 Å². The Hall–Kier alpha value is -2.34. The number of amides is 4. The zero-order valence-corrected chi connectivity index (χ0v) is 20.3. The lowest BCUT2D eigenvalue weighted by Gasteiger charge is -2.26. The number of carboxylic acid groups (broad SMARTS) is 1. The molecule has 0 aromatic carbocycles. The van der Waals surface area contributed by atoms with Crippen LogP contribution in [0.4, 0.5) is 0 Å². The molecule has 0 aromatic heterocycles.